The lowest BCUT2D eigenvalue weighted by Gasteiger charge is -2.51. The minimum atomic E-state index is -1.29. The number of hydrogen-bond donors (Lipinski definition) is 1. The van der Waals surface area contributed by atoms with Gasteiger partial charge in [-0.25, -0.2) is 4.79 Å². The largest absolute Gasteiger partial charge is 0.481 e. The zero-order valence-corrected chi connectivity index (χ0v) is 34.6. The van der Waals surface area contributed by atoms with Gasteiger partial charge in [-0.1, -0.05) is 75.2 Å². The summed E-state index contributed by atoms with van der Waals surface area (Å²) < 4.78 is 11.9. The molecule has 14 heteroatoms. The van der Waals surface area contributed by atoms with Gasteiger partial charge in [0.25, 0.3) is 0 Å². The molecule has 0 unspecified atom stereocenters. The Hall–Kier alpha value is -4.98. The van der Waals surface area contributed by atoms with Crippen LogP contribution in [-0.2, 0) is 33.4 Å². The molecule has 0 bridgehead atoms. The van der Waals surface area contributed by atoms with Crippen LogP contribution in [0, 0.1) is 5.92 Å². The Labute approximate surface area is 336 Å². The van der Waals surface area contributed by atoms with Crippen LogP contribution < -0.4 is 0 Å². The van der Waals surface area contributed by atoms with Crippen LogP contribution in [0.15, 0.2) is 48.5 Å². The lowest BCUT2D eigenvalue weighted by atomic mass is 9.73. The summed E-state index contributed by atoms with van der Waals surface area (Å²) in [6.45, 7) is 6.30. The van der Waals surface area contributed by atoms with Gasteiger partial charge in [-0.2, -0.15) is 0 Å². The van der Waals surface area contributed by atoms with E-state index >= 15 is 0 Å². The van der Waals surface area contributed by atoms with Gasteiger partial charge in [0.15, 0.2) is 0 Å². The molecule has 0 spiro atoms. The van der Waals surface area contributed by atoms with Crippen molar-refractivity contribution in [3.8, 4) is 11.1 Å². The van der Waals surface area contributed by atoms with Crippen molar-refractivity contribution in [2.24, 2.45) is 5.92 Å². The second-order valence-electron chi connectivity index (χ2n) is 15.8. The van der Waals surface area contributed by atoms with Crippen LogP contribution in [0.3, 0.4) is 0 Å². The van der Waals surface area contributed by atoms with Crippen LogP contribution >= 0.6 is 0 Å². The standard InChI is InChI=1S/C43H59N5O9/c1-9-27(10-2)37(40(53)45(6)34(24-36(49)50)38(51)44(4)5)46(7)41(54)43(21-16-22-43)47(8)39(52)35-23-28(56-11-3)25-48(35)42(55)57-26-33-31-19-14-12-17-29(31)30-18-13-15-20-32(30)33/h12-15,17-20,27-28,33-35,37H,9-11,16,21-26H2,1-8H3,(H,49,50)/t28-,34+,35+,37+/m1/s1. The van der Waals surface area contributed by atoms with Crippen molar-refractivity contribution in [1.29, 1.82) is 0 Å². The maximum absolute atomic E-state index is 14.8. The molecule has 0 aromatic heterocycles. The van der Waals surface area contributed by atoms with Crippen molar-refractivity contribution >= 4 is 35.7 Å². The van der Waals surface area contributed by atoms with Crippen LogP contribution in [-0.4, -0.2) is 150 Å². The first kappa shape index (κ1) is 43.1. The summed E-state index contributed by atoms with van der Waals surface area (Å²) in [5.41, 5.74) is 3.05. The Bertz CT molecular complexity index is 1780. The molecule has 1 aliphatic heterocycles. The zero-order valence-electron chi connectivity index (χ0n) is 34.6. The second kappa shape index (κ2) is 18.1. The summed E-state index contributed by atoms with van der Waals surface area (Å²) in [6.07, 6.45) is 1.01. The average Bonchev–Trinajstić information content (AvgIpc) is 3.75. The highest BCUT2D eigenvalue weighted by atomic mass is 16.6. The highest BCUT2D eigenvalue weighted by Crippen LogP contribution is 2.45. The molecule has 2 fully saturated rings. The molecule has 4 atom stereocenters. The number of carbonyl (C=O) groups is 6. The third kappa shape index (κ3) is 8.37. The first-order valence-electron chi connectivity index (χ1n) is 20.1. The fourth-order valence-corrected chi connectivity index (χ4v) is 8.99. The molecule has 2 aliphatic carbocycles. The number of carboxylic acids is 1. The normalized spacial score (nSPS) is 19.1. The zero-order chi connectivity index (χ0) is 41.8. The van der Waals surface area contributed by atoms with E-state index in [1.165, 1.54) is 40.7 Å². The highest BCUT2D eigenvalue weighted by Gasteiger charge is 2.55. The summed E-state index contributed by atoms with van der Waals surface area (Å²) in [5, 5.41) is 9.63. The van der Waals surface area contributed by atoms with E-state index < -0.39 is 71.9 Å². The molecule has 2 aromatic carbocycles. The van der Waals surface area contributed by atoms with Crippen molar-refractivity contribution in [2.75, 3.05) is 55.0 Å². The van der Waals surface area contributed by atoms with Gasteiger partial charge in [-0.3, -0.25) is 28.9 Å². The number of rotatable bonds is 16. The molecular weight excluding hydrogens is 730 g/mol. The van der Waals surface area contributed by atoms with Crippen molar-refractivity contribution in [2.45, 2.75) is 101 Å². The van der Waals surface area contributed by atoms with Crippen molar-refractivity contribution in [1.82, 2.24) is 24.5 Å². The summed E-state index contributed by atoms with van der Waals surface area (Å²) >= 11 is 0. The molecule has 1 saturated heterocycles. The Kier molecular flexibility index (Phi) is 13.7. The number of carboxylic acid groups (broad SMARTS) is 1. The predicted molar refractivity (Wildman–Crippen MR) is 213 cm³/mol. The SMILES string of the molecule is CCO[C@@H]1C[C@@H](C(=O)N(C)C2(C(=O)N(C)[C@H](C(=O)N(C)[C@@H](CC(=O)O)C(=O)N(C)C)C(CC)CC)CCC2)N(C(=O)OCC2c3ccccc3-c3ccccc32)C1. The van der Waals surface area contributed by atoms with Gasteiger partial charge >= 0.3 is 12.1 Å². The van der Waals surface area contributed by atoms with Crippen molar-refractivity contribution in [3.05, 3.63) is 59.7 Å². The molecule has 1 N–H and O–H groups in total. The molecule has 5 rings (SSSR count). The number of fused-ring (bicyclic) bond motifs is 3. The number of likely N-dealkylation sites (tertiary alicyclic amines) is 1. The van der Waals surface area contributed by atoms with Crippen molar-refractivity contribution in [3.63, 3.8) is 0 Å². The molecule has 2 aromatic rings. The van der Waals surface area contributed by atoms with E-state index in [0.717, 1.165) is 27.2 Å². The summed E-state index contributed by atoms with van der Waals surface area (Å²) in [6, 6.07) is 12.9. The van der Waals surface area contributed by atoms with E-state index in [9.17, 15) is 33.9 Å². The molecular formula is C43H59N5O9. The maximum Gasteiger partial charge on any atom is 0.410 e. The van der Waals surface area contributed by atoms with Gasteiger partial charge in [0, 0.05) is 54.2 Å². The molecule has 5 amide bonds. The number of nitrogens with zero attached hydrogens (tertiary/aromatic N) is 5. The van der Waals surface area contributed by atoms with Gasteiger partial charge in [-0.15, -0.1) is 0 Å². The van der Waals surface area contributed by atoms with Gasteiger partial charge in [0.1, 0.15) is 30.3 Å². The molecule has 310 valence electrons. The number of likely N-dealkylation sites (N-methyl/N-ethyl adjacent to an activating group) is 4. The molecule has 57 heavy (non-hydrogen) atoms. The molecule has 14 nitrogen and oxygen atoms in total. The van der Waals surface area contributed by atoms with E-state index in [-0.39, 0.29) is 31.4 Å². The van der Waals surface area contributed by atoms with Gasteiger partial charge in [0.2, 0.25) is 23.6 Å². The fraction of sp³-hybridized carbons (Fsp3) is 0.581. The molecule has 3 aliphatic rings. The van der Waals surface area contributed by atoms with E-state index in [4.69, 9.17) is 9.47 Å². The van der Waals surface area contributed by atoms with Crippen LogP contribution in [0.2, 0.25) is 0 Å². The van der Waals surface area contributed by atoms with Crippen LogP contribution in [0.1, 0.15) is 82.8 Å². The van der Waals surface area contributed by atoms with E-state index in [1.54, 1.807) is 14.1 Å². The number of hydrogen-bond acceptors (Lipinski definition) is 8. The number of amides is 5. The Morgan fingerprint density at radius 2 is 1.42 bits per heavy atom. The topological polar surface area (TPSA) is 157 Å². The fourth-order valence-electron chi connectivity index (χ4n) is 8.99. The van der Waals surface area contributed by atoms with Crippen molar-refractivity contribution < 1.29 is 43.3 Å². The first-order valence-corrected chi connectivity index (χ1v) is 20.1. The average molecular weight is 790 g/mol. The van der Waals surface area contributed by atoms with Crippen LogP contribution in [0.5, 0.6) is 0 Å². The number of aliphatic carboxylic acids is 1. The quantitative estimate of drug-likeness (QED) is 0.260. The Morgan fingerprint density at radius 1 is 0.842 bits per heavy atom. The number of ether oxygens (including phenoxy) is 2. The highest BCUT2D eigenvalue weighted by molar-refractivity contribution is 5.98. The van der Waals surface area contributed by atoms with E-state index in [2.05, 4.69) is 12.1 Å². The monoisotopic (exact) mass is 789 g/mol. The number of benzene rings is 2. The Balaban J connectivity index is 1.38. The van der Waals surface area contributed by atoms with Crippen LogP contribution in [0.4, 0.5) is 4.79 Å². The predicted octanol–water partition coefficient (Wildman–Crippen LogP) is 4.45. The molecule has 1 heterocycles. The maximum atomic E-state index is 14.8. The molecule has 1 saturated carbocycles. The lowest BCUT2D eigenvalue weighted by molar-refractivity contribution is -0.166. The lowest BCUT2D eigenvalue weighted by Crippen LogP contribution is -2.68. The van der Waals surface area contributed by atoms with Crippen LogP contribution in [0.25, 0.3) is 11.1 Å². The summed E-state index contributed by atoms with van der Waals surface area (Å²) in [5.74, 6) is -3.68. The van der Waals surface area contributed by atoms with E-state index in [0.29, 0.717) is 38.7 Å². The minimum Gasteiger partial charge on any atom is -0.481 e. The van der Waals surface area contributed by atoms with Gasteiger partial charge in [-0.05, 0) is 54.4 Å². The minimum absolute atomic E-state index is 0.0833. The Morgan fingerprint density at radius 3 is 1.91 bits per heavy atom. The second-order valence-corrected chi connectivity index (χ2v) is 15.8. The van der Waals surface area contributed by atoms with Gasteiger partial charge < -0.3 is 34.2 Å². The number of carbonyl (C=O) groups excluding carboxylic acids is 5. The van der Waals surface area contributed by atoms with E-state index in [1.807, 2.05) is 57.2 Å². The van der Waals surface area contributed by atoms with Gasteiger partial charge in [0.05, 0.1) is 19.1 Å². The third-order valence-electron chi connectivity index (χ3n) is 12.5. The first-order chi connectivity index (χ1) is 27.1. The molecule has 0 radical (unpaired) electrons. The summed E-state index contributed by atoms with van der Waals surface area (Å²) in [7, 11) is 7.50. The summed E-state index contributed by atoms with van der Waals surface area (Å²) in [4.78, 5) is 89.3. The smallest absolute Gasteiger partial charge is 0.410 e. The third-order valence-corrected chi connectivity index (χ3v) is 12.5.